The summed E-state index contributed by atoms with van der Waals surface area (Å²) in [5, 5.41) is 4.46. The molecule has 2 unspecified atom stereocenters. The largest absolute Gasteiger partial charge is 0.311 e. The highest BCUT2D eigenvalue weighted by molar-refractivity contribution is 8.06. The minimum Gasteiger partial charge on any atom is -0.311 e. The topological polar surface area (TPSA) is 37.8 Å². The van der Waals surface area contributed by atoms with E-state index < -0.39 is 0 Å². The summed E-state index contributed by atoms with van der Waals surface area (Å²) in [4.78, 5) is 9.18. The summed E-state index contributed by atoms with van der Waals surface area (Å²) in [5.74, 6) is 3.47. The standard InChI is InChI=1S/C13H21N3S2/c1-3-5-14-9-11-4-6-15-13(16-11)12-10(2)17-7-8-18-12/h4,6,10,12,14H,3,5,7-9H2,1-2H3. The van der Waals surface area contributed by atoms with Crippen molar-refractivity contribution >= 4 is 23.5 Å². The van der Waals surface area contributed by atoms with Crippen LogP contribution in [-0.2, 0) is 6.54 Å². The van der Waals surface area contributed by atoms with Gasteiger partial charge < -0.3 is 5.32 Å². The Morgan fingerprint density at radius 3 is 3.00 bits per heavy atom. The molecular formula is C13H21N3S2. The van der Waals surface area contributed by atoms with Gasteiger partial charge in [0.1, 0.15) is 5.82 Å². The smallest absolute Gasteiger partial charge is 0.142 e. The van der Waals surface area contributed by atoms with Gasteiger partial charge in [-0.25, -0.2) is 9.97 Å². The van der Waals surface area contributed by atoms with Gasteiger partial charge in [-0.3, -0.25) is 0 Å². The third-order valence-corrected chi connectivity index (χ3v) is 5.99. The Hall–Kier alpha value is -0.260. The van der Waals surface area contributed by atoms with Gasteiger partial charge >= 0.3 is 0 Å². The van der Waals surface area contributed by atoms with Gasteiger partial charge in [-0.05, 0) is 19.0 Å². The highest BCUT2D eigenvalue weighted by Gasteiger charge is 2.26. The van der Waals surface area contributed by atoms with E-state index in [0.29, 0.717) is 10.5 Å². The van der Waals surface area contributed by atoms with Crippen LogP contribution in [0.25, 0.3) is 0 Å². The molecule has 1 aliphatic rings. The van der Waals surface area contributed by atoms with Crippen molar-refractivity contribution in [2.75, 3.05) is 18.1 Å². The molecule has 1 aliphatic heterocycles. The lowest BCUT2D eigenvalue weighted by Crippen LogP contribution is -2.20. The molecule has 1 saturated heterocycles. The first-order valence-electron chi connectivity index (χ1n) is 6.57. The third kappa shape index (κ3) is 3.87. The normalized spacial score (nSPS) is 24.1. The summed E-state index contributed by atoms with van der Waals surface area (Å²) in [5.41, 5.74) is 1.11. The molecular weight excluding hydrogens is 262 g/mol. The summed E-state index contributed by atoms with van der Waals surface area (Å²) in [6.45, 7) is 6.36. The van der Waals surface area contributed by atoms with Crippen molar-refractivity contribution in [3.8, 4) is 0 Å². The second kappa shape index (κ2) is 7.36. The average Bonchev–Trinajstić information content (AvgIpc) is 2.40. The van der Waals surface area contributed by atoms with Gasteiger partial charge in [-0.15, -0.1) is 11.8 Å². The molecule has 0 radical (unpaired) electrons. The number of rotatable bonds is 5. The van der Waals surface area contributed by atoms with Crippen molar-refractivity contribution in [3.05, 3.63) is 23.8 Å². The van der Waals surface area contributed by atoms with Crippen molar-refractivity contribution < 1.29 is 0 Å². The van der Waals surface area contributed by atoms with E-state index in [4.69, 9.17) is 4.98 Å². The molecule has 0 aliphatic carbocycles. The summed E-state index contributed by atoms with van der Waals surface area (Å²) in [7, 11) is 0. The monoisotopic (exact) mass is 283 g/mol. The van der Waals surface area contributed by atoms with Gasteiger partial charge in [0.15, 0.2) is 0 Å². The molecule has 2 rings (SSSR count). The number of hydrogen-bond donors (Lipinski definition) is 1. The van der Waals surface area contributed by atoms with Gasteiger partial charge in [0.05, 0.1) is 10.9 Å². The van der Waals surface area contributed by atoms with E-state index in [0.717, 1.165) is 31.0 Å². The fourth-order valence-corrected chi connectivity index (χ4v) is 4.66. The van der Waals surface area contributed by atoms with Crippen molar-refractivity contribution in [2.45, 2.75) is 37.3 Å². The summed E-state index contributed by atoms with van der Waals surface area (Å²) in [6, 6.07) is 2.01. The van der Waals surface area contributed by atoms with Crippen LogP contribution in [0.15, 0.2) is 12.3 Å². The number of nitrogens with one attached hydrogen (secondary N) is 1. The Labute approximate surface area is 118 Å². The first-order chi connectivity index (χ1) is 8.81. The molecule has 1 fully saturated rings. The minimum absolute atomic E-state index is 0.454. The van der Waals surface area contributed by atoms with E-state index in [9.17, 15) is 0 Å². The molecule has 1 aromatic heterocycles. The Bertz CT molecular complexity index is 373. The Kier molecular flexibility index (Phi) is 5.79. The van der Waals surface area contributed by atoms with E-state index >= 15 is 0 Å². The fraction of sp³-hybridized carbons (Fsp3) is 0.692. The molecule has 0 amide bonds. The lowest BCUT2D eigenvalue weighted by Gasteiger charge is -2.26. The molecule has 0 saturated carbocycles. The van der Waals surface area contributed by atoms with E-state index in [1.807, 2.05) is 35.8 Å². The van der Waals surface area contributed by atoms with Crippen LogP contribution in [0.5, 0.6) is 0 Å². The van der Waals surface area contributed by atoms with Crippen molar-refractivity contribution in [3.63, 3.8) is 0 Å². The lowest BCUT2D eigenvalue weighted by atomic mass is 10.3. The van der Waals surface area contributed by atoms with Gasteiger partial charge in [0.2, 0.25) is 0 Å². The van der Waals surface area contributed by atoms with Crippen molar-refractivity contribution in [2.24, 2.45) is 0 Å². The van der Waals surface area contributed by atoms with Crippen molar-refractivity contribution in [1.82, 2.24) is 15.3 Å². The molecule has 2 heterocycles. The van der Waals surface area contributed by atoms with E-state index in [1.165, 1.54) is 11.5 Å². The lowest BCUT2D eigenvalue weighted by molar-refractivity contribution is 0.656. The second-order valence-electron chi connectivity index (χ2n) is 4.45. The SMILES string of the molecule is CCCNCc1ccnc(C2SCCSC2C)n1. The summed E-state index contributed by atoms with van der Waals surface area (Å²) < 4.78 is 0. The maximum atomic E-state index is 4.71. The predicted octanol–water partition coefficient (Wildman–Crippen LogP) is 2.89. The molecule has 18 heavy (non-hydrogen) atoms. The Morgan fingerprint density at radius 2 is 2.22 bits per heavy atom. The van der Waals surface area contributed by atoms with Gasteiger partial charge in [-0.2, -0.15) is 11.8 Å². The molecule has 1 aromatic rings. The van der Waals surface area contributed by atoms with Crippen LogP contribution in [0, 0.1) is 0 Å². The van der Waals surface area contributed by atoms with Crippen LogP contribution in [0.2, 0.25) is 0 Å². The molecule has 1 N–H and O–H groups in total. The van der Waals surface area contributed by atoms with Crippen LogP contribution in [0.4, 0.5) is 0 Å². The van der Waals surface area contributed by atoms with Crippen LogP contribution >= 0.6 is 23.5 Å². The van der Waals surface area contributed by atoms with Crippen LogP contribution in [0.3, 0.4) is 0 Å². The maximum Gasteiger partial charge on any atom is 0.142 e. The third-order valence-electron chi connectivity index (χ3n) is 2.91. The quantitative estimate of drug-likeness (QED) is 0.841. The second-order valence-corrected chi connectivity index (χ2v) is 7.18. The van der Waals surface area contributed by atoms with Crippen LogP contribution < -0.4 is 5.32 Å². The first kappa shape index (κ1) is 14.2. The predicted molar refractivity (Wildman–Crippen MR) is 81.1 cm³/mol. The molecule has 3 nitrogen and oxygen atoms in total. The summed E-state index contributed by atoms with van der Waals surface area (Å²) >= 11 is 4.03. The van der Waals surface area contributed by atoms with Gasteiger partial charge in [0.25, 0.3) is 0 Å². The molecule has 2 atom stereocenters. The highest BCUT2D eigenvalue weighted by Crippen LogP contribution is 2.40. The average molecular weight is 283 g/mol. The molecule has 0 spiro atoms. The zero-order valence-corrected chi connectivity index (χ0v) is 12.7. The Morgan fingerprint density at radius 1 is 1.39 bits per heavy atom. The maximum absolute atomic E-state index is 4.71. The molecule has 100 valence electrons. The minimum atomic E-state index is 0.454. The number of hydrogen-bond acceptors (Lipinski definition) is 5. The zero-order chi connectivity index (χ0) is 12.8. The van der Waals surface area contributed by atoms with Crippen molar-refractivity contribution in [1.29, 1.82) is 0 Å². The van der Waals surface area contributed by atoms with Crippen LogP contribution in [0.1, 0.15) is 37.0 Å². The van der Waals surface area contributed by atoms with Gasteiger partial charge in [-0.1, -0.05) is 13.8 Å². The number of nitrogens with zero attached hydrogens (tertiary/aromatic N) is 2. The van der Waals surface area contributed by atoms with E-state index in [2.05, 4.69) is 24.1 Å². The molecule has 5 heteroatoms. The highest BCUT2D eigenvalue weighted by atomic mass is 32.2. The number of aromatic nitrogens is 2. The van der Waals surface area contributed by atoms with E-state index in [1.54, 1.807) is 0 Å². The first-order valence-corrected chi connectivity index (χ1v) is 8.66. The van der Waals surface area contributed by atoms with Gasteiger partial charge in [0, 0.05) is 29.5 Å². The zero-order valence-electron chi connectivity index (χ0n) is 11.1. The Balaban J connectivity index is 2.01. The van der Waals surface area contributed by atoms with Crippen LogP contribution in [-0.4, -0.2) is 33.3 Å². The number of thioether (sulfide) groups is 2. The summed E-state index contributed by atoms with van der Waals surface area (Å²) in [6.07, 6.45) is 3.06. The molecule has 0 aromatic carbocycles. The van der Waals surface area contributed by atoms with E-state index in [-0.39, 0.29) is 0 Å². The fourth-order valence-electron chi connectivity index (χ4n) is 1.96. The molecule has 0 bridgehead atoms.